The van der Waals surface area contributed by atoms with Gasteiger partial charge in [-0.05, 0) is 11.6 Å². The minimum atomic E-state index is -0.463. The van der Waals surface area contributed by atoms with Gasteiger partial charge in [-0.25, -0.2) is 4.98 Å². The molecule has 1 aromatic heterocycles. The number of nitrogens with one attached hydrogen (secondary N) is 1. The normalized spacial score (nSPS) is 10.9. The molecule has 24 heavy (non-hydrogen) atoms. The highest BCUT2D eigenvalue weighted by molar-refractivity contribution is 7.14. The van der Waals surface area contributed by atoms with Gasteiger partial charge in [0.25, 0.3) is 5.91 Å². The summed E-state index contributed by atoms with van der Waals surface area (Å²) in [6.07, 6.45) is 1.56. The Morgan fingerprint density at radius 2 is 1.75 bits per heavy atom. The van der Waals surface area contributed by atoms with E-state index in [1.807, 2.05) is 72.1 Å². The van der Waals surface area contributed by atoms with Crippen LogP contribution in [-0.2, 0) is 4.79 Å². The van der Waals surface area contributed by atoms with Crippen molar-refractivity contribution in [3.8, 4) is 17.3 Å². The van der Waals surface area contributed by atoms with Crippen LogP contribution >= 0.6 is 11.3 Å². The number of amides is 1. The number of rotatable bonds is 4. The van der Waals surface area contributed by atoms with Crippen molar-refractivity contribution in [3.63, 3.8) is 0 Å². The van der Waals surface area contributed by atoms with E-state index in [0.717, 1.165) is 16.8 Å². The fraction of sp³-hybridized carbons (Fsp3) is 0. The van der Waals surface area contributed by atoms with E-state index in [-0.39, 0.29) is 5.57 Å². The van der Waals surface area contributed by atoms with Gasteiger partial charge in [0.15, 0.2) is 5.13 Å². The molecule has 0 saturated carbocycles. The van der Waals surface area contributed by atoms with E-state index in [9.17, 15) is 10.1 Å². The van der Waals surface area contributed by atoms with E-state index in [4.69, 9.17) is 0 Å². The summed E-state index contributed by atoms with van der Waals surface area (Å²) >= 11 is 1.33. The summed E-state index contributed by atoms with van der Waals surface area (Å²) in [7, 11) is 0. The first-order chi connectivity index (χ1) is 11.8. The molecule has 0 fully saturated rings. The van der Waals surface area contributed by atoms with Crippen molar-refractivity contribution >= 4 is 28.5 Å². The maximum atomic E-state index is 12.3. The maximum absolute atomic E-state index is 12.3. The lowest BCUT2D eigenvalue weighted by Crippen LogP contribution is -2.13. The predicted octanol–water partition coefficient (Wildman–Crippen LogP) is 4.36. The van der Waals surface area contributed by atoms with Gasteiger partial charge in [-0.15, -0.1) is 11.3 Å². The van der Waals surface area contributed by atoms with Gasteiger partial charge in [-0.2, -0.15) is 5.26 Å². The summed E-state index contributed by atoms with van der Waals surface area (Å²) < 4.78 is 0. The molecule has 5 heteroatoms. The van der Waals surface area contributed by atoms with Crippen molar-refractivity contribution in [3.05, 3.63) is 77.2 Å². The Morgan fingerprint density at radius 3 is 2.42 bits per heavy atom. The highest BCUT2D eigenvalue weighted by Crippen LogP contribution is 2.24. The van der Waals surface area contributed by atoms with Crippen LogP contribution in [0.4, 0.5) is 5.13 Å². The zero-order valence-corrected chi connectivity index (χ0v) is 13.5. The number of hydrogen-bond donors (Lipinski definition) is 1. The predicted molar refractivity (Wildman–Crippen MR) is 96.2 cm³/mol. The zero-order chi connectivity index (χ0) is 16.8. The molecule has 1 N–H and O–H groups in total. The number of carbonyl (C=O) groups excluding carboxylic acids is 1. The Bertz CT molecular complexity index is 909. The van der Waals surface area contributed by atoms with Gasteiger partial charge in [0.1, 0.15) is 11.6 Å². The van der Waals surface area contributed by atoms with Crippen molar-refractivity contribution in [1.29, 1.82) is 5.26 Å². The second-order valence-electron chi connectivity index (χ2n) is 4.94. The molecule has 3 aromatic rings. The van der Waals surface area contributed by atoms with Gasteiger partial charge in [-0.1, -0.05) is 60.7 Å². The van der Waals surface area contributed by atoms with Gasteiger partial charge in [-0.3, -0.25) is 10.1 Å². The van der Waals surface area contributed by atoms with Crippen molar-refractivity contribution < 1.29 is 4.79 Å². The van der Waals surface area contributed by atoms with Crippen LogP contribution in [0, 0.1) is 11.3 Å². The first-order valence-electron chi connectivity index (χ1n) is 7.25. The summed E-state index contributed by atoms with van der Waals surface area (Å²) in [4.78, 5) is 16.7. The van der Waals surface area contributed by atoms with Gasteiger partial charge < -0.3 is 0 Å². The number of nitrogens with zero attached hydrogens (tertiary/aromatic N) is 2. The van der Waals surface area contributed by atoms with Gasteiger partial charge in [0.2, 0.25) is 0 Å². The summed E-state index contributed by atoms with van der Waals surface area (Å²) in [5.41, 5.74) is 2.61. The van der Waals surface area contributed by atoms with E-state index < -0.39 is 5.91 Å². The molecule has 0 spiro atoms. The molecule has 0 bridgehead atoms. The van der Waals surface area contributed by atoms with Crippen LogP contribution in [0.3, 0.4) is 0 Å². The molecule has 1 heterocycles. The Hall–Kier alpha value is -3.23. The summed E-state index contributed by atoms with van der Waals surface area (Å²) in [6.45, 7) is 0. The van der Waals surface area contributed by atoms with E-state index in [1.165, 1.54) is 11.3 Å². The monoisotopic (exact) mass is 331 g/mol. The Morgan fingerprint density at radius 1 is 1.08 bits per heavy atom. The van der Waals surface area contributed by atoms with Crippen LogP contribution in [-0.4, -0.2) is 10.9 Å². The molecule has 1 amide bonds. The number of anilines is 1. The average Bonchev–Trinajstić information content (AvgIpc) is 3.09. The quantitative estimate of drug-likeness (QED) is 0.571. The third-order valence-corrected chi connectivity index (χ3v) is 4.03. The van der Waals surface area contributed by atoms with Crippen molar-refractivity contribution in [2.24, 2.45) is 0 Å². The molecule has 0 aliphatic rings. The minimum Gasteiger partial charge on any atom is -0.297 e. The molecular weight excluding hydrogens is 318 g/mol. The van der Waals surface area contributed by atoms with Crippen LogP contribution in [0.5, 0.6) is 0 Å². The molecule has 4 nitrogen and oxygen atoms in total. The number of hydrogen-bond acceptors (Lipinski definition) is 4. The fourth-order valence-electron chi connectivity index (χ4n) is 2.10. The van der Waals surface area contributed by atoms with Crippen LogP contribution in [0.2, 0.25) is 0 Å². The van der Waals surface area contributed by atoms with Gasteiger partial charge in [0, 0.05) is 10.9 Å². The first kappa shape index (κ1) is 15.7. The smallest absolute Gasteiger partial charge is 0.268 e. The number of thiazole rings is 1. The van der Waals surface area contributed by atoms with Crippen LogP contribution in [0.25, 0.3) is 17.3 Å². The SMILES string of the molecule is N#C/C(=C\c1ccccc1)C(=O)Nc1nc(-c2ccccc2)cs1. The Labute approximate surface area is 143 Å². The van der Waals surface area contributed by atoms with Gasteiger partial charge >= 0.3 is 0 Å². The van der Waals surface area contributed by atoms with Crippen molar-refractivity contribution in [2.45, 2.75) is 0 Å². The average molecular weight is 331 g/mol. The number of aromatic nitrogens is 1. The molecule has 0 unspecified atom stereocenters. The zero-order valence-electron chi connectivity index (χ0n) is 12.6. The Balaban J connectivity index is 1.76. The second kappa shape index (κ2) is 7.36. The minimum absolute atomic E-state index is 0.0395. The molecule has 3 rings (SSSR count). The molecule has 0 atom stereocenters. The molecule has 0 saturated heterocycles. The molecular formula is C19H13N3OS. The number of benzene rings is 2. The molecule has 0 aliphatic carbocycles. The Kier molecular flexibility index (Phi) is 4.80. The first-order valence-corrected chi connectivity index (χ1v) is 8.13. The number of nitriles is 1. The van der Waals surface area contributed by atoms with E-state index in [1.54, 1.807) is 6.08 Å². The summed E-state index contributed by atoms with van der Waals surface area (Å²) in [5, 5.41) is 14.2. The lowest BCUT2D eigenvalue weighted by atomic mass is 10.1. The van der Waals surface area contributed by atoms with Crippen LogP contribution < -0.4 is 5.32 Å². The molecule has 116 valence electrons. The summed E-state index contributed by atoms with van der Waals surface area (Å²) in [6, 6.07) is 20.9. The highest BCUT2D eigenvalue weighted by atomic mass is 32.1. The van der Waals surface area contributed by atoms with Gasteiger partial charge in [0.05, 0.1) is 5.69 Å². The highest BCUT2D eigenvalue weighted by Gasteiger charge is 2.12. The largest absolute Gasteiger partial charge is 0.297 e. The maximum Gasteiger partial charge on any atom is 0.268 e. The standard InChI is InChI=1S/C19H13N3OS/c20-12-16(11-14-7-3-1-4-8-14)18(23)22-19-21-17(13-24-19)15-9-5-2-6-10-15/h1-11,13H,(H,21,22,23)/b16-11+. The second-order valence-corrected chi connectivity index (χ2v) is 5.80. The van der Waals surface area contributed by atoms with Crippen molar-refractivity contribution in [1.82, 2.24) is 4.98 Å². The van der Waals surface area contributed by atoms with E-state index in [0.29, 0.717) is 5.13 Å². The van der Waals surface area contributed by atoms with Crippen LogP contribution in [0.1, 0.15) is 5.56 Å². The lowest BCUT2D eigenvalue weighted by Gasteiger charge is -2.00. The van der Waals surface area contributed by atoms with Crippen LogP contribution in [0.15, 0.2) is 71.6 Å². The van der Waals surface area contributed by atoms with E-state index >= 15 is 0 Å². The van der Waals surface area contributed by atoms with E-state index in [2.05, 4.69) is 10.3 Å². The molecule has 2 aromatic carbocycles. The lowest BCUT2D eigenvalue weighted by molar-refractivity contribution is -0.112. The molecule has 0 aliphatic heterocycles. The third-order valence-electron chi connectivity index (χ3n) is 3.27. The van der Waals surface area contributed by atoms with Crippen molar-refractivity contribution in [2.75, 3.05) is 5.32 Å². The number of carbonyl (C=O) groups is 1. The fourth-order valence-corrected chi connectivity index (χ4v) is 2.82. The molecule has 0 radical (unpaired) electrons. The summed E-state index contributed by atoms with van der Waals surface area (Å²) in [5.74, 6) is -0.463. The topological polar surface area (TPSA) is 65.8 Å². The third kappa shape index (κ3) is 3.75.